The molecular weight excluding hydrogens is 427 g/mol. The van der Waals surface area contributed by atoms with Crippen LogP contribution in [-0.4, -0.2) is 0 Å². The molecule has 0 saturated carbocycles. The molecule has 0 radical (unpaired) electrons. The van der Waals surface area contributed by atoms with Gasteiger partial charge in [0.2, 0.25) is 0 Å². The van der Waals surface area contributed by atoms with Crippen molar-refractivity contribution in [3.05, 3.63) is 100 Å². The minimum absolute atomic E-state index is 0.0408. The molecule has 0 nitrogen and oxygen atoms in total. The van der Waals surface area contributed by atoms with Crippen LogP contribution in [-0.2, 0) is 5.41 Å². The van der Waals surface area contributed by atoms with Crippen molar-refractivity contribution in [2.24, 2.45) is 0 Å². The molecule has 0 saturated heterocycles. The summed E-state index contributed by atoms with van der Waals surface area (Å²) in [7, 11) is 0. The Morgan fingerprint density at radius 1 is 0.885 bits per heavy atom. The first kappa shape index (κ1) is 17.3. The highest BCUT2D eigenvalue weighted by molar-refractivity contribution is 14.1. The lowest BCUT2D eigenvalue weighted by Gasteiger charge is -2.18. The number of benzene rings is 3. The van der Waals surface area contributed by atoms with Gasteiger partial charge in [-0.3, -0.25) is 0 Å². The van der Waals surface area contributed by atoms with Crippen molar-refractivity contribution in [3.63, 3.8) is 0 Å². The Morgan fingerprint density at radius 3 is 2.38 bits per heavy atom. The lowest BCUT2D eigenvalue weighted by molar-refractivity contribution is 0.683. The van der Waals surface area contributed by atoms with Gasteiger partial charge in [-0.05, 0) is 85.5 Å². The van der Waals surface area contributed by atoms with Gasteiger partial charge in [-0.15, -0.1) is 0 Å². The van der Waals surface area contributed by atoms with Crippen LogP contribution >= 0.6 is 22.6 Å². The maximum atomic E-state index is 3.78. The second-order valence-electron chi connectivity index (χ2n) is 7.38. The summed E-state index contributed by atoms with van der Waals surface area (Å²) >= 11 is 2.37. The van der Waals surface area contributed by atoms with Crippen LogP contribution in [0.25, 0.3) is 27.5 Å². The summed E-state index contributed by atoms with van der Waals surface area (Å²) in [6.07, 6.45) is 8.34. The zero-order chi connectivity index (χ0) is 18.3. The molecule has 128 valence electrons. The molecule has 0 unspecified atom stereocenters. The van der Waals surface area contributed by atoms with Gasteiger partial charge < -0.3 is 0 Å². The van der Waals surface area contributed by atoms with E-state index in [2.05, 4.69) is 110 Å². The van der Waals surface area contributed by atoms with Crippen LogP contribution in [0.15, 0.2) is 85.5 Å². The topological polar surface area (TPSA) is 0 Å². The van der Waals surface area contributed by atoms with Crippen LogP contribution in [0.1, 0.15) is 25.0 Å². The number of hydrogen-bond donors (Lipinski definition) is 0. The van der Waals surface area contributed by atoms with Crippen LogP contribution in [0, 0.1) is 3.57 Å². The van der Waals surface area contributed by atoms with E-state index in [4.69, 9.17) is 0 Å². The highest BCUT2D eigenvalue weighted by Crippen LogP contribution is 2.42. The summed E-state index contributed by atoms with van der Waals surface area (Å²) < 4.78 is 1.27. The predicted molar refractivity (Wildman–Crippen MR) is 122 cm³/mol. The smallest absolute Gasteiger partial charge is 0.0136 e. The molecule has 1 aliphatic rings. The van der Waals surface area contributed by atoms with Crippen molar-refractivity contribution in [1.82, 2.24) is 0 Å². The first-order chi connectivity index (χ1) is 12.5. The molecule has 1 aliphatic carbocycles. The van der Waals surface area contributed by atoms with Gasteiger partial charge in [-0.1, -0.05) is 75.1 Å². The number of halogens is 1. The molecule has 3 aromatic rings. The summed E-state index contributed by atoms with van der Waals surface area (Å²) in [5.74, 6) is 0. The van der Waals surface area contributed by atoms with E-state index in [1.54, 1.807) is 0 Å². The van der Waals surface area contributed by atoms with E-state index in [-0.39, 0.29) is 5.41 Å². The molecule has 26 heavy (non-hydrogen) atoms. The molecule has 0 spiro atoms. The summed E-state index contributed by atoms with van der Waals surface area (Å²) in [6.45, 7) is 8.35. The number of hydrogen-bond acceptors (Lipinski definition) is 0. The summed E-state index contributed by atoms with van der Waals surface area (Å²) in [4.78, 5) is 0. The minimum Gasteiger partial charge on any atom is -0.0991 e. The van der Waals surface area contributed by atoms with Crippen molar-refractivity contribution in [2.75, 3.05) is 0 Å². The zero-order valence-electron chi connectivity index (χ0n) is 15.1. The average molecular weight is 448 g/mol. The van der Waals surface area contributed by atoms with Gasteiger partial charge in [-0.25, -0.2) is 0 Å². The summed E-state index contributed by atoms with van der Waals surface area (Å²) in [6, 6.07) is 20.2. The quantitative estimate of drug-likeness (QED) is 0.287. The van der Waals surface area contributed by atoms with E-state index < -0.39 is 0 Å². The molecule has 0 bridgehead atoms. The maximum absolute atomic E-state index is 3.78. The average Bonchev–Trinajstić information content (AvgIpc) is 2.89. The normalized spacial score (nSPS) is 15.3. The molecule has 4 rings (SSSR count). The Balaban J connectivity index is 1.80. The summed E-state index contributed by atoms with van der Waals surface area (Å²) in [5.41, 5.74) is 6.59. The first-order valence-corrected chi connectivity index (χ1v) is 9.92. The molecule has 0 atom stereocenters. The van der Waals surface area contributed by atoms with E-state index in [0.29, 0.717) is 0 Å². The van der Waals surface area contributed by atoms with Crippen molar-refractivity contribution in [1.29, 1.82) is 0 Å². The Labute approximate surface area is 169 Å². The van der Waals surface area contributed by atoms with Gasteiger partial charge in [0.15, 0.2) is 0 Å². The molecule has 0 aromatic heterocycles. The fourth-order valence-corrected chi connectivity index (χ4v) is 4.27. The Morgan fingerprint density at radius 2 is 1.58 bits per heavy atom. The van der Waals surface area contributed by atoms with Crippen molar-refractivity contribution < 1.29 is 0 Å². The lowest BCUT2D eigenvalue weighted by atomic mass is 9.85. The van der Waals surface area contributed by atoms with Gasteiger partial charge in [0.25, 0.3) is 0 Å². The molecule has 1 heteroatoms. The molecule has 0 amide bonds. The van der Waals surface area contributed by atoms with Crippen LogP contribution in [0.2, 0.25) is 0 Å². The van der Waals surface area contributed by atoms with Gasteiger partial charge in [0.1, 0.15) is 0 Å². The van der Waals surface area contributed by atoms with Crippen LogP contribution in [0.5, 0.6) is 0 Å². The van der Waals surface area contributed by atoms with Crippen LogP contribution in [0.3, 0.4) is 0 Å². The van der Waals surface area contributed by atoms with Crippen molar-refractivity contribution >= 4 is 38.9 Å². The Kier molecular flexibility index (Phi) is 4.36. The molecule has 0 fully saturated rings. The maximum Gasteiger partial charge on any atom is 0.0136 e. The number of fused-ring (bicyclic) bond motifs is 2. The van der Waals surface area contributed by atoms with Gasteiger partial charge >= 0.3 is 0 Å². The van der Waals surface area contributed by atoms with Crippen LogP contribution < -0.4 is 0 Å². The lowest BCUT2D eigenvalue weighted by Crippen LogP contribution is -2.10. The SMILES string of the molecule is C=C/C=C\C1=CC(C)(C)c2cc(-c3ccc4cc(I)ccc4c3)ccc21. The van der Waals surface area contributed by atoms with E-state index >= 15 is 0 Å². The second kappa shape index (κ2) is 6.55. The van der Waals surface area contributed by atoms with Crippen molar-refractivity contribution in [3.8, 4) is 11.1 Å². The predicted octanol–water partition coefficient (Wildman–Crippen LogP) is 7.53. The molecule has 0 aliphatic heterocycles. The minimum atomic E-state index is 0.0408. The second-order valence-corrected chi connectivity index (χ2v) is 8.63. The first-order valence-electron chi connectivity index (χ1n) is 8.84. The van der Waals surface area contributed by atoms with Gasteiger partial charge in [0.05, 0.1) is 0 Å². The molecule has 0 N–H and O–H groups in total. The third kappa shape index (κ3) is 3.05. The highest BCUT2D eigenvalue weighted by Gasteiger charge is 2.29. The highest BCUT2D eigenvalue weighted by atomic mass is 127. The fourth-order valence-electron chi connectivity index (χ4n) is 3.76. The third-order valence-corrected chi connectivity index (χ3v) is 5.76. The molecule has 3 aromatic carbocycles. The van der Waals surface area contributed by atoms with Crippen LogP contribution in [0.4, 0.5) is 0 Å². The van der Waals surface area contributed by atoms with E-state index in [0.717, 1.165) is 0 Å². The van der Waals surface area contributed by atoms with E-state index in [1.807, 2.05) is 12.2 Å². The number of allylic oxidation sites excluding steroid dienone is 5. The molecule has 0 heterocycles. The van der Waals surface area contributed by atoms with Crippen molar-refractivity contribution in [2.45, 2.75) is 19.3 Å². The third-order valence-electron chi connectivity index (χ3n) is 5.09. The van der Waals surface area contributed by atoms with E-state index in [9.17, 15) is 0 Å². The Bertz CT molecular complexity index is 1080. The largest absolute Gasteiger partial charge is 0.0991 e. The monoisotopic (exact) mass is 448 g/mol. The number of rotatable bonds is 3. The van der Waals surface area contributed by atoms with Gasteiger partial charge in [0, 0.05) is 8.99 Å². The zero-order valence-corrected chi connectivity index (χ0v) is 17.2. The molecular formula is C25H21I. The van der Waals surface area contributed by atoms with Gasteiger partial charge in [-0.2, -0.15) is 0 Å². The fraction of sp³-hybridized carbons (Fsp3) is 0.120. The standard InChI is InChI=1S/C25H21I/c1-4-5-6-21-16-25(2,3)24-15-20(10-12-23(21)24)17-7-8-19-14-22(26)11-9-18(19)13-17/h4-16H,1H2,2-3H3/b6-5-. The van der Waals surface area contributed by atoms with E-state index in [1.165, 1.54) is 42.2 Å². The summed E-state index contributed by atoms with van der Waals surface area (Å²) in [5, 5.41) is 2.58. The Hall–Kier alpha value is -2.13.